The molecule has 0 aliphatic carbocycles. The molecule has 1 saturated heterocycles. The minimum atomic E-state index is -0.0532. The molecule has 1 heterocycles. The molecule has 0 saturated carbocycles. The van der Waals surface area contributed by atoms with Crippen LogP contribution < -0.4 is 14.8 Å². The van der Waals surface area contributed by atoms with Gasteiger partial charge in [0, 0.05) is 23.8 Å². The first kappa shape index (κ1) is 14.2. The fourth-order valence-electron chi connectivity index (χ4n) is 2.82. The maximum Gasteiger partial charge on any atom is 0.129 e. The van der Waals surface area contributed by atoms with Gasteiger partial charge < -0.3 is 19.5 Å². The van der Waals surface area contributed by atoms with Gasteiger partial charge in [0.25, 0.3) is 0 Å². The Hall–Kier alpha value is -1.26. The van der Waals surface area contributed by atoms with Gasteiger partial charge >= 0.3 is 0 Å². The first-order chi connectivity index (χ1) is 9.14. The predicted octanol–water partition coefficient (Wildman–Crippen LogP) is 2.45. The van der Waals surface area contributed by atoms with Crippen LogP contribution in [0.2, 0.25) is 0 Å². The molecule has 1 aromatic carbocycles. The molecule has 1 unspecified atom stereocenters. The van der Waals surface area contributed by atoms with Crippen LogP contribution in [0.3, 0.4) is 0 Å². The van der Waals surface area contributed by atoms with Crippen LogP contribution in [0.5, 0.6) is 11.5 Å². The van der Waals surface area contributed by atoms with Gasteiger partial charge in [0.15, 0.2) is 0 Å². The molecule has 1 aliphatic heterocycles. The molecule has 19 heavy (non-hydrogen) atoms. The molecule has 0 amide bonds. The van der Waals surface area contributed by atoms with Crippen LogP contribution >= 0.6 is 0 Å². The molecule has 2 rings (SSSR count). The number of ether oxygens (including phenoxy) is 3. The quantitative estimate of drug-likeness (QED) is 0.887. The highest BCUT2D eigenvalue weighted by Crippen LogP contribution is 2.40. The highest BCUT2D eigenvalue weighted by Gasteiger charge is 2.34. The van der Waals surface area contributed by atoms with E-state index in [9.17, 15) is 0 Å². The Morgan fingerprint density at radius 2 is 2.00 bits per heavy atom. The predicted molar refractivity (Wildman–Crippen MR) is 74.8 cm³/mol. The summed E-state index contributed by atoms with van der Waals surface area (Å²) in [6.45, 7) is 3.77. The normalized spacial score (nSPS) is 22.5. The fraction of sp³-hybridized carbons (Fsp3) is 0.600. The molecular weight excluding hydrogens is 242 g/mol. The molecule has 1 N–H and O–H groups in total. The van der Waals surface area contributed by atoms with E-state index in [4.69, 9.17) is 14.2 Å². The van der Waals surface area contributed by atoms with E-state index in [-0.39, 0.29) is 5.54 Å². The van der Waals surface area contributed by atoms with Crippen LogP contribution in [-0.4, -0.2) is 27.9 Å². The number of methoxy groups -OCH3 is 3. The molecular formula is C15H23NO3. The molecule has 0 aromatic heterocycles. The van der Waals surface area contributed by atoms with Gasteiger partial charge in [-0.25, -0.2) is 0 Å². The number of nitrogens with one attached hydrogen (secondary N) is 1. The van der Waals surface area contributed by atoms with Crippen LogP contribution in [0.4, 0.5) is 0 Å². The second-order valence-corrected chi connectivity index (χ2v) is 5.16. The van der Waals surface area contributed by atoms with Crippen molar-refractivity contribution < 1.29 is 14.2 Å². The Morgan fingerprint density at radius 1 is 1.21 bits per heavy atom. The number of benzene rings is 1. The van der Waals surface area contributed by atoms with Crippen molar-refractivity contribution in [2.75, 3.05) is 27.9 Å². The van der Waals surface area contributed by atoms with E-state index in [0.29, 0.717) is 6.61 Å². The van der Waals surface area contributed by atoms with Crippen LogP contribution in [0.1, 0.15) is 30.9 Å². The first-order valence-corrected chi connectivity index (χ1v) is 6.64. The average Bonchev–Trinajstić information content (AvgIpc) is 2.86. The van der Waals surface area contributed by atoms with E-state index in [2.05, 4.69) is 18.3 Å². The van der Waals surface area contributed by atoms with E-state index >= 15 is 0 Å². The van der Waals surface area contributed by atoms with Crippen LogP contribution in [0.15, 0.2) is 12.1 Å². The van der Waals surface area contributed by atoms with Gasteiger partial charge in [0.05, 0.1) is 20.8 Å². The lowest BCUT2D eigenvalue weighted by Crippen LogP contribution is -2.33. The Balaban J connectivity index is 2.53. The second kappa shape index (κ2) is 5.80. The monoisotopic (exact) mass is 265 g/mol. The van der Waals surface area contributed by atoms with E-state index in [1.807, 2.05) is 6.07 Å². The molecule has 1 fully saturated rings. The van der Waals surface area contributed by atoms with Crippen molar-refractivity contribution in [3.8, 4) is 11.5 Å². The minimum Gasteiger partial charge on any atom is -0.497 e. The lowest BCUT2D eigenvalue weighted by Gasteiger charge is -2.28. The van der Waals surface area contributed by atoms with Gasteiger partial charge in [-0.15, -0.1) is 0 Å². The lowest BCUT2D eigenvalue weighted by atomic mass is 9.88. The van der Waals surface area contributed by atoms with E-state index < -0.39 is 0 Å². The molecule has 1 atom stereocenters. The van der Waals surface area contributed by atoms with Crippen molar-refractivity contribution in [3.63, 3.8) is 0 Å². The standard InChI is InChI=1S/C15H23NO3/c1-15(6-5-7-16-15)13-9-12(18-3)8-11(10-17-2)14(13)19-4/h8-9,16H,5-7,10H2,1-4H3. The van der Waals surface area contributed by atoms with Crippen molar-refractivity contribution in [3.05, 3.63) is 23.3 Å². The summed E-state index contributed by atoms with van der Waals surface area (Å²) in [5.41, 5.74) is 2.12. The van der Waals surface area contributed by atoms with Crippen molar-refractivity contribution in [1.29, 1.82) is 0 Å². The number of hydrogen-bond donors (Lipinski definition) is 1. The van der Waals surface area contributed by atoms with Crippen molar-refractivity contribution in [2.45, 2.75) is 31.9 Å². The van der Waals surface area contributed by atoms with Gasteiger partial charge in [-0.3, -0.25) is 0 Å². The third-order valence-corrected chi connectivity index (χ3v) is 3.84. The molecule has 0 radical (unpaired) electrons. The average molecular weight is 265 g/mol. The summed E-state index contributed by atoms with van der Waals surface area (Å²) < 4.78 is 16.3. The summed E-state index contributed by atoms with van der Waals surface area (Å²) in [6, 6.07) is 4.04. The Kier molecular flexibility index (Phi) is 4.32. The number of rotatable bonds is 5. The first-order valence-electron chi connectivity index (χ1n) is 6.64. The smallest absolute Gasteiger partial charge is 0.129 e. The second-order valence-electron chi connectivity index (χ2n) is 5.16. The SMILES string of the molecule is COCc1cc(OC)cc(C2(C)CCCN2)c1OC. The van der Waals surface area contributed by atoms with Crippen molar-refractivity contribution >= 4 is 0 Å². The maximum absolute atomic E-state index is 5.63. The summed E-state index contributed by atoms with van der Waals surface area (Å²) >= 11 is 0. The fourth-order valence-corrected chi connectivity index (χ4v) is 2.82. The molecule has 106 valence electrons. The molecule has 4 heteroatoms. The third kappa shape index (κ3) is 2.69. The Labute approximate surface area is 115 Å². The van der Waals surface area contributed by atoms with Crippen molar-refractivity contribution in [2.24, 2.45) is 0 Å². The summed E-state index contributed by atoms with van der Waals surface area (Å²) in [5, 5.41) is 3.57. The van der Waals surface area contributed by atoms with Gasteiger partial charge in [-0.1, -0.05) is 0 Å². The summed E-state index contributed by atoms with van der Waals surface area (Å²) in [5.74, 6) is 1.75. The molecule has 0 bridgehead atoms. The van der Waals surface area contributed by atoms with E-state index in [1.165, 1.54) is 6.42 Å². The topological polar surface area (TPSA) is 39.7 Å². The minimum absolute atomic E-state index is 0.0532. The van der Waals surface area contributed by atoms with Gasteiger partial charge in [-0.2, -0.15) is 0 Å². The van der Waals surface area contributed by atoms with E-state index in [1.54, 1.807) is 21.3 Å². The van der Waals surface area contributed by atoms with E-state index in [0.717, 1.165) is 35.6 Å². The molecule has 0 spiro atoms. The molecule has 4 nitrogen and oxygen atoms in total. The number of hydrogen-bond acceptors (Lipinski definition) is 4. The van der Waals surface area contributed by atoms with Gasteiger partial charge in [-0.05, 0) is 38.4 Å². The van der Waals surface area contributed by atoms with Gasteiger partial charge in [0.1, 0.15) is 11.5 Å². The van der Waals surface area contributed by atoms with Crippen LogP contribution in [0, 0.1) is 0 Å². The zero-order valence-corrected chi connectivity index (χ0v) is 12.2. The Bertz CT molecular complexity index is 439. The third-order valence-electron chi connectivity index (χ3n) is 3.84. The van der Waals surface area contributed by atoms with Crippen LogP contribution in [-0.2, 0) is 16.9 Å². The van der Waals surface area contributed by atoms with Crippen LogP contribution in [0.25, 0.3) is 0 Å². The largest absolute Gasteiger partial charge is 0.497 e. The Morgan fingerprint density at radius 3 is 2.53 bits per heavy atom. The highest BCUT2D eigenvalue weighted by atomic mass is 16.5. The lowest BCUT2D eigenvalue weighted by molar-refractivity contribution is 0.180. The van der Waals surface area contributed by atoms with Gasteiger partial charge in [0.2, 0.25) is 0 Å². The molecule has 1 aliphatic rings. The summed E-state index contributed by atoms with van der Waals surface area (Å²) in [4.78, 5) is 0. The zero-order valence-electron chi connectivity index (χ0n) is 12.2. The summed E-state index contributed by atoms with van der Waals surface area (Å²) in [6.07, 6.45) is 2.28. The summed E-state index contributed by atoms with van der Waals surface area (Å²) in [7, 11) is 5.09. The zero-order chi connectivity index (χ0) is 13.9. The molecule has 1 aromatic rings. The highest BCUT2D eigenvalue weighted by molar-refractivity contribution is 5.50. The maximum atomic E-state index is 5.63. The van der Waals surface area contributed by atoms with Crippen molar-refractivity contribution in [1.82, 2.24) is 5.32 Å².